The molecule has 0 aromatic heterocycles. The third-order valence-electron chi connectivity index (χ3n) is 2.87. The van der Waals surface area contributed by atoms with Crippen molar-refractivity contribution in [3.63, 3.8) is 0 Å². The third-order valence-corrected chi connectivity index (χ3v) is 3.11. The van der Waals surface area contributed by atoms with Crippen LogP contribution >= 0.6 is 11.6 Å². The first-order chi connectivity index (χ1) is 9.66. The van der Waals surface area contributed by atoms with Crippen molar-refractivity contribution >= 4 is 11.6 Å². The lowest BCUT2D eigenvalue weighted by atomic mass is 10.1. The van der Waals surface area contributed by atoms with Gasteiger partial charge in [-0.05, 0) is 30.7 Å². The van der Waals surface area contributed by atoms with Crippen LogP contribution in [0.5, 0.6) is 5.75 Å². The Bertz CT molecular complexity index is 543. The van der Waals surface area contributed by atoms with Crippen molar-refractivity contribution in [2.45, 2.75) is 19.6 Å². The maximum Gasteiger partial charge on any atom is 0.189 e. The Labute approximate surface area is 124 Å². The van der Waals surface area contributed by atoms with Crippen LogP contribution in [0.3, 0.4) is 0 Å². The van der Waals surface area contributed by atoms with Gasteiger partial charge in [0.25, 0.3) is 0 Å². The van der Waals surface area contributed by atoms with Crippen LogP contribution in [0, 0.1) is 0 Å². The molecule has 0 aliphatic rings. The molecule has 1 unspecified atom stereocenters. The van der Waals surface area contributed by atoms with Crippen LogP contribution in [0.2, 0.25) is 5.02 Å². The van der Waals surface area contributed by atoms with Crippen molar-refractivity contribution in [2.24, 2.45) is 5.73 Å². The van der Waals surface area contributed by atoms with Gasteiger partial charge < -0.3 is 15.2 Å². The second kappa shape index (κ2) is 7.29. The van der Waals surface area contributed by atoms with Crippen molar-refractivity contribution in [2.75, 3.05) is 6.79 Å². The molecule has 4 heteroatoms. The molecule has 20 heavy (non-hydrogen) atoms. The fraction of sp³-hybridized carbons (Fsp3) is 0.250. The molecule has 2 aromatic rings. The van der Waals surface area contributed by atoms with E-state index in [0.717, 1.165) is 11.1 Å². The molecule has 3 nitrogen and oxygen atoms in total. The largest absolute Gasteiger partial charge is 0.467 e. The summed E-state index contributed by atoms with van der Waals surface area (Å²) in [4.78, 5) is 0. The predicted molar refractivity (Wildman–Crippen MR) is 80.8 cm³/mol. The van der Waals surface area contributed by atoms with Gasteiger partial charge >= 0.3 is 0 Å². The Kier molecular flexibility index (Phi) is 5.41. The maximum atomic E-state index is 5.96. The molecular formula is C16H18ClNO2. The van der Waals surface area contributed by atoms with E-state index < -0.39 is 0 Å². The second-order valence-electron chi connectivity index (χ2n) is 4.57. The predicted octanol–water partition coefficient (Wildman–Crippen LogP) is 3.91. The SMILES string of the molecule is CC(N)c1cc(Cl)ccc1OCOCc1ccccc1. The van der Waals surface area contributed by atoms with E-state index in [1.54, 1.807) is 6.07 Å². The first-order valence-corrected chi connectivity index (χ1v) is 6.84. The molecule has 0 saturated heterocycles. The monoisotopic (exact) mass is 291 g/mol. The van der Waals surface area contributed by atoms with Crippen LogP contribution in [0.25, 0.3) is 0 Å². The molecule has 0 radical (unpaired) electrons. The van der Waals surface area contributed by atoms with Gasteiger partial charge in [0.05, 0.1) is 6.61 Å². The molecule has 1 atom stereocenters. The van der Waals surface area contributed by atoms with Crippen LogP contribution < -0.4 is 10.5 Å². The summed E-state index contributed by atoms with van der Waals surface area (Å²) in [6, 6.07) is 15.2. The number of halogens is 1. The zero-order valence-corrected chi connectivity index (χ0v) is 12.1. The van der Waals surface area contributed by atoms with Crippen molar-refractivity contribution in [3.05, 3.63) is 64.7 Å². The summed E-state index contributed by atoms with van der Waals surface area (Å²) < 4.78 is 11.1. The molecule has 0 fully saturated rings. The van der Waals surface area contributed by atoms with Gasteiger partial charge in [-0.3, -0.25) is 0 Å². The number of ether oxygens (including phenoxy) is 2. The smallest absolute Gasteiger partial charge is 0.189 e. The van der Waals surface area contributed by atoms with Crippen molar-refractivity contribution in [3.8, 4) is 5.75 Å². The molecule has 0 amide bonds. The van der Waals surface area contributed by atoms with Gasteiger partial charge in [0.2, 0.25) is 0 Å². The van der Waals surface area contributed by atoms with Gasteiger partial charge in [-0.25, -0.2) is 0 Å². The van der Waals surface area contributed by atoms with Crippen molar-refractivity contribution in [1.82, 2.24) is 0 Å². The summed E-state index contributed by atoms with van der Waals surface area (Å²) in [6.45, 7) is 2.58. The van der Waals surface area contributed by atoms with E-state index in [2.05, 4.69) is 0 Å². The molecule has 0 aliphatic heterocycles. The second-order valence-corrected chi connectivity index (χ2v) is 5.00. The quantitative estimate of drug-likeness (QED) is 0.648. The van der Waals surface area contributed by atoms with Crippen LogP contribution in [0.15, 0.2) is 48.5 Å². The fourth-order valence-corrected chi connectivity index (χ4v) is 2.03. The number of rotatable bonds is 6. The van der Waals surface area contributed by atoms with Gasteiger partial charge in [-0.2, -0.15) is 0 Å². The first-order valence-electron chi connectivity index (χ1n) is 6.46. The van der Waals surface area contributed by atoms with Crippen LogP contribution in [-0.4, -0.2) is 6.79 Å². The zero-order valence-electron chi connectivity index (χ0n) is 11.4. The summed E-state index contributed by atoms with van der Waals surface area (Å²) in [5.41, 5.74) is 7.89. The van der Waals surface area contributed by atoms with E-state index in [1.165, 1.54) is 0 Å². The summed E-state index contributed by atoms with van der Waals surface area (Å²) in [5, 5.41) is 0.648. The number of hydrogen-bond donors (Lipinski definition) is 1. The lowest BCUT2D eigenvalue weighted by Gasteiger charge is -2.14. The molecule has 2 rings (SSSR count). The highest BCUT2D eigenvalue weighted by Crippen LogP contribution is 2.27. The van der Waals surface area contributed by atoms with Gasteiger partial charge in [-0.1, -0.05) is 41.9 Å². The molecule has 106 valence electrons. The molecule has 2 aromatic carbocycles. The Morgan fingerprint density at radius 1 is 1.15 bits per heavy atom. The molecule has 0 heterocycles. The zero-order chi connectivity index (χ0) is 14.4. The lowest BCUT2D eigenvalue weighted by Crippen LogP contribution is -2.10. The molecule has 0 spiro atoms. The summed E-state index contributed by atoms with van der Waals surface area (Å²) in [7, 11) is 0. The Balaban J connectivity index is 1.88. The summed E-state index contributed by atoms with van der Waals surface area (Å²) in [6.07, 6.45) is 0. The maximum absolute atomic E-state index is 5.96. The number of hydrogen-bond acceptors (Lipinski definition) is 3. The highest BCUT2D eigenvalue weighted by molar-refractivity contribution is 6.30. The minimum absolute atomic E-state index is 0.141. The van der Waals surface area contributed by atoms with Gasteiger partial charge in [0.1, 0.15) is 5.75 Å². The molecule has 0 aliphatic carbocycles. The van der Waals surface area contributed by atoms with Crippen molar-refractivity contribution < 1.29 is 9.47 Å². The highest BCUT2D eigenvalue weighted by Gasteiger charge is 2.09. The van der Waals surface area contributed by atoms with Crippen LogP contribution in [-0.2, 0) is 11.3 Å². The number of benzene rings is 2. The Hall–Kier alpha value is -1.55. The summed E-state index contributed by atoms with van der Waals surface area (Å²) in [5.74, 6) is 0.706. The molecular weight excluding hydrogens is 274 g/mol. The van der Waals surface area contributed by atoms with Gasteiger partial charge in [-0.15, -0.1) is 0 Å². The van der Waals surface area contributed by atoms with Gasteiger partial charge in [0, 0.05) is 16.6 Å². The fourth-order valence-electron chi connectivity index (χ4n) is 1.85. The third kappa shape index (κ3) is 4.23. The van der Waals surface area contributed by atoms with E-state index in [0.29, 0.717) is 17.4 Å². The molecule has 0 saturated carbocycles. The Morgan fingerprint density at radius 3 is 2.60 bits per heavy atom. The highest BCUT2D eigenvalue weighted by atomic mass is 35.5. The number of nitrogens with two attached hydrogens (primary N) is 1. The molecule has 2 N–H and O–H groups in total. The van der Waals surface area contributed by atoms with Gasteiger partial charge in [0.15, 0.2) is 6.79 Å². The van der Waals surface area contributed by atoms with Crippen LogP contribution in [0.4, 0.5) is 0 Å². The minimum atomic E-state index is -0.141. The Morgan fingerprint density at radius 2 is 1.90 bits per heavy atom. The average Bonchev–Trinajstić information content (AvgIpc) is 2.45. The lowest BCUT2D eigenvalue weighted by molar-refractivity contribution is 0.00441. The van der Waals surface area contributed by atoms with E-state index in [4.69, 9.17) is 26.8 Å². The topological polar surface area (TPSA) is 44.5 Å². The van der Waals surface area contributed by atoms with Crippen molar-refractivity contribution in [1.29, 1.82) is 0 Å². The van der Waals surface area contributed by atoms with Crippen LogP contribution in [0.1, 0.15) is 24.1 Å². The molecule has 0 bridgehead atoms. The van der Waals surface area contributed by atoms with E-state index in [1.807, 2.05) is 49.4 Å². The average molecular weight is 292 g/mol. The minimum Gasteiger partial charge on any atom is -0.467 e. The first kappa shape index (κ1) is 14.9. The normalized spacial score (nSPS) is 12.2. The van der Waals surface area contributed by atoms with E-state index >= 15 is 0 Å². The summed E-state index contributed by atoms with van der Waals surface area (Å²) >= 11 is 5.96. The standard InChI is InChI=1S/C16H18ClNO2/c1-12(18)15-9-14(17)7-8-16(15)20-11-19-10-13-5-3-2-4-6-13/h2-9,12H,10-11,18H2,1H3. The van der Waals surface area contributed by atoms with E-state index in [-0.39, 0.29) is 12.8 Å². The van der Waals surface area contributed by atoms with E-state index in [9.17, 15) is 0 Å².